The third-order valence-corrected chi connectivity index (χ3v) is 4.71. The number of carbonyl (C=O) groups is 1. The molecular weight excluding hydrogens is 481 g/mol. The number of hydrogen-bond acceptors (Lipinski definition) is 9. The Morgan fingerprint density at radius 3 is 2.53 bits per heavy atom. The number of aromatic nitrogens is 5. The summed E-state index contributed by atoms with van der Waals surface area (Å²) in [5.41, 5.74) is 2.79. The Morgan fingerprint density at radius 2 is 1.83 bits per heavy atom. The maximum absolute atomic E-state index is 14.5. The van der Waals surface area contributed by atoms with Gasteiger partial charge in [0.25, 0.3) is 5.91 Å². The van der Waals surface area contributed by atoms with Gasteiger partial charge in [-0.15, -0.1) is 0 Å². The first-order valence-electron chi connectivity index (χ1n) is 10.4. The highest BCUT2D eigenvalue weighted by Gasteiger charge is 2.20. The largest absolute Gasteiger partial charge is 0.494 e. The number of methoxy groups -OCH3 is 1. The zero-order chi connectivity index (χ0) is 25.7. The minimum Gasteiger partial charge on any atom is -0.494 e. The number of aromatic amines is 1. The van der Waals surface area contributed by atoms with Crippen molar-refractivity contribution < 1.29 is 27.5 Å². The van der Waals surface area contributed by atoms with Crippen LogP contribution in [-0.4, -0.2) is 44.8 Å². The molecule has 0 unspecified atom stereocenters. The first-order valence-corrected chi connectivity index (χ1v) is 10.4. The van der Waals surface area contributed by atoms with Crippen molar-refractivity contribution in [3.05, 3.63) is 66.0 Å². The van der Waals surface area contributed by atoms with Crippen LogP contribution in [0.3, 0.4) is 0 Å². The summed E-state index contributed by atoms with van der Waals surface area (Å²) < 4.78 is 47.3. The first kappa shape index (κ1) is 24.4. The monoisotopic (exact) mass is 500 g/mol. The molecule has 4 N–H and O–H groups in total. The number of ether oxygens (including phenoxy) is 1. The van der Waals surface area contributed by atoms with E-state index in [1.165, 1.54) is 31.8 Å². The van der Waals surface area contributed by atoms with Gasteiger partial charge in [0.2, 0.25) is 0 Å². The number of halogens is 3. The molecule has 0 aliphatic carbocycles. The fraction of sp³-hybridized carbons (Fsp3) is 0.136. The molecule has 14 heteroatoms. The molecule has 36 heavy (non-hydrogen) atoms. The van der Waals surface area contributed by atoms with E-state index in [0.717, 1.165) is 12.3 Å². The van der Waals surface area contributed by atoms with Gasteiger partial charge in [0.05, 0.1) is 42.4 Å². The number of nitrogens with zero attached hydrogens (tertiary/aromatic N) is 4. The molecule has 0 saturated heterocycles. The lowest BCUT2D eigenvalue weighted by Gasteiger charge is -2.17. The number of nitrogens with one attached hydrogen (secondary N) is 4. The molecule has 4 aromatic rings. The van der Waals surface area contributed by atoms with Gasteiger partial charge >= 0.3 is 0 Å². The normalized spacial score (nSPS) is 10.7. The van der Waals surface area contributed by atoms with Crippen LogP contribution in [0, 0.1) is 17.5 Å². The minimum atomic E-state index is -0.951. The molecule has 0 aliphatic heterocycles. The Bertz CT molecular complexity index is 1390. The molecule has 0 atom stereocenters. The van der Waals surface area contributed by atoms with Crippen LogP contribution in [-0.2, 0) is 4.84 Å². The molecule has 0 saturated carbocycles. The van der Waals surface area contributed by atoms with Crippen molar-refractivity contribution in [1.82, 2.24) is 30.6 Å². The fourth-order valence-corrected chi connectivity index (χ4v) is 3.19. The third kappa shape index (κ3) is 5.33. The molecule has 186 valence electrons. The van der Waals surface area contributed by atoms with Crippen LogP contribution in [0.5, 0.6) is 5.75 Å². The fourth-order valence-electron chi connectivity index (χ4n) is 3.19. The second-order valence-electron chi connectivity index (χ2n) is 7.08. The van der Waals surface area contributed by atoms with Gasteiger partial charge in [-0.05, 0) is 13.0 Å². The van der Waals surface area contributed by atoms with E-state index < -0.39 is 23.4 Å². The van der Waals surface area contributed by atoms with Gasteiger partial charge in [0.1, 0.15) is 23.8 Å². The molecule has 1 aromatic carbocycles. The predicted molar refractivity (Wildman–Crippen MR) is 122 cm³/mol. The molecule has 4 rings (SSSR count). The summed E-state index contributed by atoms with van der Waals surface area (Å²) in [5.74, 6) is -2.89. The molecule has 0 fully saturated rings. The second kappa shape index (κ2) is 10.7. The number of carbonyl (C=O) groups excluding carboxylic acids is 1. The minimum absolute atomic E-state index is 0.00840. The molecule has 3 heterocycles. The zero-order valence-corrected chi connectivity index (χ0v) is 18.9. The van der Waals surface area contributed by atoms with E-state index in [2.05, 4.69) is 41.3 Å². The lowest BCUT2D eigenvalue weighted by Crippen LogP contribution is -2.24. The van der Waals surface area contributed by atoms with E-state index in [-0.39, 0.29) is 52.3 Å². The van der Waals surface area contributed by atoms with Gasteiger partial charge < -0.3 is 15.4 Å². The van der Waals surface area contributed by atoms with Crippen LogP contribution in [0.1, 0.15) is 17.3 Å². The van der Waals surface area contributed by atoms with Gasteiger partial charge in [-0.25, -0.2) is 33.6 Å². The van der Waals surface area contributed by atoms with E-state index in [9.17, 15) is 18.0 Å². The van der Waals surface area contributed by atoms with E-state index >= 15 is 0 Å². The highest BCUT2D eigenvalue weighted by Crippen LogP contribution is 2.38. The van der Waals surface area contributed by atoms with Crippen LogP contribution in [0.25, 0.3) is 11.4 Å². The maximum atomic E-state index is 14.5. The molecular formula is C22H19F3N8O3. The Balaban J connectivity index is 1.76. The summed E-state index contributed by atoms with van der Waals surface area (Å²) in [4.78, 5) is 29.4. The van der Waals surface area contributed by atoms with Crippen molar-refractivity contribution in [1.29, 1.82) is 0 Å². The van der Waals surface area contributed by atoms with E-state index in [4.69, 9.17) is 9.57 Å². The third-order valence-electron chi connectivity index (χ3n) is 4.71. The highest BCUT2D eigenvalue weighted by molar-refractivity contribution is 6.00. The van der Waals surface area contributed by atoms with Crippen molar-refractivity contribution in [2.75, 3.05) is 24.4 Å². The van der Waals surface area contributed by atoms with Gasteiger partial charge in [-0.3, -0.25) is 14.7 Å². The number of pyridine rings is 2. The predicted octanol–water partition coefficient (Wildman–Crippen LogP) is 3.86. The number of hydroxylamine groups is 1. The number of anilines is 4. The van der Waals surface area contributed by atoms with Crippen molar-refractivity contribution in [3.8, 4) is 17.1 Å². The first-order chi connectivity index (χ1) is 17.4. The van der Waals surface area contributed by atoms with Gasteiger partial charge in [0.15, 0.2) is 23.2 Å². The Hall–Kier alpha value is -4.72. The number of H-pyrrole nitrogens is 1. The summed E-state index contributed by atoms with van der Waals surface area (Å²) in [6, 6.07) is 4.36. The van der Waals surface area contributed by atoms with E-state index in [1.807, 2.05) is 0 Å². The lowest BCUT2D eigenvalue weighted by atomic mass is 10.1. The quantitative estimate of drug-likeness (QED) is 0.252. The average Bonchev–Trinajstić information content (AvgIpc) is 3.39. The topological polar surface area (TPSA) is 139 Å². The summed E-state index contributed by atoms with van der Waals surface area (Å²) in [6.07, 6.45) is 3.27. The number of hydrogen-bond donors (Lipinski definition) is 4. The van der Waals surface area contributed by atoms with Crippen molar-refractivity contribution in [3.63, 3.8) is 0 Å². The van der Waals surface area contributed by atoms with Crippen molar-refractivity contribution in [2.24, 2.45) is 0 Å². The Labute approximate surface area is 202 Å². The van der Waals surface area contributed by atoms with Crippen LogP contribution in [0.2, 0.25) is 0 Å². The smallest absolute Gasteiger partial charge is 0.278 e. The summed E-state index contributed by atoms with van der Waals surface area (Å²) >= 11 is 0. The molecule has 0 aliphatic rings. The van der Waals surface area contributed by atoms with Crippen LogP contribution < -0.4 is 20.9 Å². The van der Waals surface area contributed by atoms with Gasteiger partial charge in [-0.1, -0.05) is 0 Å². The Kier molecular flexibility index (Phi) is 7.25. The molecule has 0 spiro atoms. The summed E-state index contributed by atoms with van der Waals surface area (Å²) in [5, 5.41) is 12.0. The maximum Gasteiger partial charge on any atom is 0.278 e. The summed E-state index contributed by atoms with van der Waals surface area (Å²) in [7, 11) is 1.38. The molecule has 1 amide bonds. The average molecular weight is 500 g/mol. The zero-order valence-electron chi connectivity index (χ0n) is 18.9. The van der Waals surface area contributed by atoms with Crippen molar-refractivity contribution in [2.45, 2.75) is 6.92 Å². The highest BCUT2D eigenvalue weighted by atomic mass is 19.1. The standard InChI is InChI=1S/C22H19F3N8O3/c1-3-36-33-22(34)14-9-26-18(31-21-15(25)5-12(24)8-27-21)7-16(14)30-17-6-11(23)4-13(19(17)35-2)20-28-10-29-32-20/h4-10H,3H2,1-2H3,(H,33,34)(H,28,29,32)(H2,26,27,30,31). The van der Waals surface area contributed by atoms with Crippen molar-refractivity contribution >= 4 is 28.9 Å². The molecule has 0 bridgehead atoms. The number of amides is 1. The van der Waals surface area contributed by atoms with Crippen LogP contribution >= 0.6 is 0 Å². The molecule has 0 radical (unpaired) electrons. The van der Waals surface area contributed by atoms with Gasteiger partial charge in [-0.2, -0.15) is 5.10 Å². The molecule has 11 nitrogen and oxygen atoms in total. The van der Waals surface area contributed by atoms with E-state index in [0.29, 0.717) is 6.07 Å². The summed E-state index contributed by atoms with van der Waals surface area (Å²) in [6.45, 7) is 1.88. The lowest BCUT2D eigenvalue weighted by molar-refractivity contribution is 0.0365. The number of rotatable bonds is 9. The van der Waals surface area contributed by atoms with Gasteiger partial charge in [0, 0.05) is 24.4 Å². The number of benzene rings is 1. The Morgan fingerprint density at radius 1 is 1.00 bits per heavy atom. The van der Waals surface area contributed by atoms with Crippen LogP contribution in [0.4, 0.5) is 36.2 Å². The SMILES string of the molecule is CCONC(=O)c1cnc(Nc2ncc(F)cc2F)cc1Nc1cc(F)cc(-c2ncn[nH]2)c1OC. The molecule has 3 aromatic heterocycles. The second-order valence-corrected chi connectivity index (χ2v) is 7.08. The van der Waals surface area contributed by atoms with Crippen LogP contribution in [0.15, 0.2) is 43.0 Å². The van der Waals surface area contributed by atoms with E-state index in [1.54, 1.807) is 6.92 Å².